The number of halogens is 1. The lowest BCUT2D eigenvalue weighted by Gasteiger charge is -2.32. The van der Waals surface area contributed by atoms with Crippen molar-refractivity contribution in [3.8, 4) is 0 Å². The molecule has 7 heteroatoms. The van der Waals surface area contributed by atoms with Crippen molar-refractivity contribution in [3.05, 3.63) is 69.8 Å². The molecule has 0 unspecified atom stereocenters. The van der Waals surface area contributed by atoms with Crippen molar-refractivity contribution in [2.75, 3.05) is 25.1 Å². The smallest absolute Gasteiger partial charge is 0.337 e. The lowest BCUT2D eigenvalue weighted by Crippen LogP contribution is -2.38. The third-order valence-electron chi connectivity index (χ3n) is 5.68. The van der Waals surface area contributed by atoms with Gasteiger partial charge in [0.05, 0.1) is 30.1 Å². The van der Waals surface area contributed by atoms with E-state index in [9.17, 15) is 14.0 Å². The molecule has 2 heterocycles. The van der Waals surface area contributed by atoms with E-state index in [2.05, 4.69) is 11.8 Å². The minimum absolute atomic E-state index is 0.186. The molecule has 0 amide bonds. The van der Waals surface area contributed by atoms with Gasteiger partial charge in [-0.1, -0.05) is 19.1 Å². The number of esters is 1. The van der Waals surface area contributed by atoms with Crippen molar-refractivity contribution >= 4 is 22.8 Å². The maximum Gasteiger partial charge on any atom is 0.337 e. The largest absolute Gasteiger partial charge is 0.465 e. The fraction of sp³-hybridized carbons (Fsp3) is 0.348. The van der Waals surface area contributed by atoms with E-state index in [-0.39, 0.29) is 11.4 Å². The summed E-state index contributed by atoms with van der Waals surface area (Å²) in [5, 5.41) is 0.430. The summed E-state index contributed by atoms with van der Waals surface area (Å²) in [5.74, 6) is 0.418. The van der Waals surface area contributed by atoms with E-state index in [1.165, 1.54) is 19.2 Å². The second kappa shape index (κ2) is 8.26. The molecule has 0 saturated carbocycles. The highest BCUT2D eigenvalue weighted by Crippen LogP contribution is 2.24. The van der Waals surface area contributed by atoms with Crippen LogP contribution in [0, 0.1) is 11.7 Å². The highest BCUT2D eigenvalue weighted by Gasteiger charge is 2.22. The van der Waals surface area contributed by atoms with E-state index >= 15 is 0 Å². The lowest BCUT2D eigenvalue weighted by atomic mass is 9.99. The van der Waals surface area contributed by atoms with Gasteiger partial charge in [0.25, 0.3) is 5.56 Å². The van der Waals surface area contributed by atoms with Crippen LogP contribution >= 0.6 is 0 Å². The Kier molecular flexibility index (Phi) is 5.53. The molecule has 30 heavy (non-hydrogen) atoms. The van der Waals surface area contributed by atoms with E-state index in [0.717, 1.165) is 31.5 Å². The molecule has 2 aromatic carbocycles. The molecule has 156 valence electrons. The Morgan fingerprint density at radius 2 is 1.87 bits per heavy atom. The minimum atomic E-state index is -0.470. The topological polar surface area (TPSA) is 64.4 Å². The van der Waals surface area contributed by atoms with Crippen molar-refractivity contribution in [2.45, 2.75) is 26.3 Å². The molecule has 1 aliphatic heterocycles. The first-order chi connectivity index (χ1) is 14.5. The van der Waals surface area contributed by atoms with Gasteiger partial charge in [-0.2, -0.15) is 0 Å². The van der Waals surface area contributed by atoms with Crippen molar-refractivity contribution in [1.29, 1.82) is 0 Å². The molecule has 0 aliphatic carbocycles. The van der Waals surface area contributed by atoms with Gasteiger partial charge in [0.2, 0.25) is 5.95 Å². The highest BCUT2D eigenvalue weighted by molar-refractivity contribution is 5.94. The fourth-order valence-corrected chi connectivity index (χ4v) is 3.82. The molecule has 1 saturated heterocycles. The number of aromatic nitrogens is 2. The quantitative estimate of drug-likeness (QED) is 0.616. The Morgan fingerprint density at radius 1 is 1.17 bits per heavy atom. The number of hydrogen-bond donors (Lipinski definition) is 0. The van der Waals surface area contributed by atoms with Crippen molar-refractivity contribution in [1.82, 2.24) is 9.55 Å². The normalized spacial score (nSPS) is 14.8. The van der Waals surface area contributed by atoms with Crippen LogP contribution in [0.1, 0.15) is 35.7 Å². The Labute approximate surface area is 173 Å². The number of piperidine rings is 1. The summed E-state index contributed by atoms with van der Waals surface area (Å²) in [6, 6.07) is 10.9. The van der Waals surface area contributed by atoms with Gasteiger partial charge in [0.15, 0.2) is 0 Å². The monoisotopic (exact) mass is 409 g/mol. The lowest BCUT2D eigenvalue weighted by molar-refractivity contribution is 0.0601. The summed E-state index contributed by atoms with van der Waals surface area (Å²) >= 11 is 0. The van der Waals surface area contributed by atoms with E-state index in [0.29, 0.717) is 34.9 Å². The average molecular weight is 409 g/mol. The molecule has 0 bridgehead atoms. The van der Waals surface area contributed by atoms with Gasteiger partial charge in [-0.05, 0) is 54.7 Å². The molecule has 3 aromatic rings. The molecule has 0 spiro atoms. The molecule has 0 radical (unpaired) electrons. The van der Waals surface area contributed by atoms with Crippen LogP contribution in [0.3, 0.4) is 0 Å². The second-order valence-electron chi connectivity index (χ2n) is 7.82. The summed E-state index contributed by atoms with van der Waals surface area (Å²) in [6.45, 7) is 4.13. The molecule has 6 nitrogen and oxygen atoms in total. The summed E-state index contributed by atoms with van der Waals surface area (Å²) in [7, 11) is 1.32. The zero-order chi connectivity index (χ0) is 21.3. The first-order valence-electron chi connectivity index (χ1n) is 10.1. The van der Waals surface area contributed by atoms with Crippen LogP contribution < -0.4 is 10.5 Å². The van der Waals surface area contributed by atoms with E-state index in [1.54, 1.807) is 34.9 Å². The number of carbonyl (C=O) groups is 1. The van der Waals surface area contributed by atoms with Crippen LogP contribution in [-0.2, 0) is 11.3 Å². The van der Waals surface area contributed by atoms with Crippen LogP contribution in [0.15, 0.2) is 47.3 Å². The van der Waals surface area contributed by atoms with E-state index < -0.39 is 5.97 Å². The molecular formula is C23H24FN3O3. The molecule has 4 rings (SSSR count). The number of hydrogen-bond acceptors (Lipinski definition) is 5. The number of benzene rings is 2. The summed E-state index contributed by atoms with van der Waals surface area (Å²) in [5.41, 5.74) is 1.45. The first kappa shape index (κ1) is 20.1. The minimum Gasteiger partial charge on any atom is -0.465 e. The predicted molar refractivity (Wildman–Crippen MR) is 113 cm³/mol. The van der Waals surface area contributed by atoms with Crippen LogP contribution in [-0.4, -0.2) is 35.7 Å². The van der Waals surface area contributed by atoms with Crippen LogP contribution in [0.25, 0.3) is 10.9 Å². The third-order valence-corrected chi connectivity index (χ3v) is 5.68. The number of methoxy groups -OCH3 is 1. The molecule has 0 atom stereocenters. The number of anilines is 1. The van der Waals surface area contributed by atoms with Gasteiger partial charge < -0.3 is 9.64 Å². The maximum absolute atomic E-state index is 13.4. The van der Waals surface area contributed by atoms with Crippen LogP contribution in [0.2, 0.25) is 0 Å². The van der Waals surface area contributed by atoms with Gasteiger partial charge >= 0.3 is 5.97 Å². The summed E-state index contributed by atoms with van der Waals surface area (Å²) in [6.07, 6.45) is 2.04. The number of rotatable bonds is 4. The molecule has 1 aliphatic rings. The molecular weight excluding hydrogens is 385 g/mol. The Hall–Kier alpha value is -3.22. The predicted octanol–water partition coefficient (Wildman–Crippen LogP) is 3.61. The van der Waals surface area contributed by atoms with Crippen LogP contribution in [0.5, 0.6) is 0 Å². The average Bonchev–Trinajstić information content (AvgIpc) is 2.76. The van der Waals surface area contributed by atoms with E-state index in [1.807, 2.05) is 0 Å². The Bertz CT molecular complexity index is 1130. The number of carbonyl (C=O) groups excluding carboxylic acids is 1. The first-order valence-corrected chi connectivity index (χ1v) is 10.1. The van der Waals surface area contributed by atoms with Gasteiger partial charge in [0.1, 0.15) is 5.82 Å². The van der Waals surface area contributed by atoms with Crippen molar-refractivity contribution in [3.63, 3.8) is 0 Å². The van der Waals surface area contributed by atoms with Crippen molar-refractivity contribution in [2.24, 2.45) is 5.92 Å². The fourth-order valence-electron chi connectivity index (χ4n) is 3.82. The third kappa shape index (κ3) is 3.92. The number of fused-ring (bicyclic) bond motifs is 1. The number of ether oxygens (including phenoxy) is 1. The van der Waals surface area contributed by atoms with Gasteiger partial charge in [-0.15, -0.1) is 0 Å². The zero-order valence-electron chi connectivity index (χ0n) is 17.1. The Balaban J connectivity index is 1.85. The van der Waals surface area contributed by atoms with Gasteiger partial charge in [-0.3, -0.25) is 9.36 Å². The molecule has 1 aromatic heterocycles. The summed E-state index contributed by atoms with van der Waals surface area (Å²) in [4.78, 5) is 32.2. The van der Waals surface area contributed by atoms with Crippen LogP contribution in [0.4, 0.5) is 10.3 Å². The second-order valence-corrected chi connectivity index (χ2v) is 7.82. The SMILES string of the molecule is COC(=O)c1ccc2c(=O)n(Cc3ccc(F)cc3)c(N3CCC(C)CC3)nc2c1. The summed E-state index contributed by atoms with van der Waals surface area (Å²) < 4.78 is 19.8. The van der Waals surface area contributed by atoms with Gasteiger partial charge in [0, 0.05) is 13.1 Å². The highest BCUT2D eigenvalue weighted by atomic mass is 19.1. The van der Waals surface area contributed by atoms with Crippen molar-refractivity contribution < 1.29 is 13.9 Å². The zero-order valence-corrected chi connectivity index (χ0v) is 17.1. The van der Waals surface area contributed by atoms with Gasteiger partial charge in [-0.25, -0.2) is 14.2 Å². The molecule has 0 N–H and O–H groups in total. The number of nitrogens with zero attached hydrogens (tertiary/aromatic N) is 3. The standard InChI is InChI=1S/C23H24FN3O3/c1-15-9-11-26(12-10-15)23-25-20-13-17(22(29)30-2)5-8-19(20)21(28)27(23)14-16-3-6-18(24)7-4-16/h3-8,13,15H,9-12,14H2,1-2H3. The Morgan fingerprint density at radius 3 is 2.53 bits per heavy atom. The molecule has 1 fully saturated rings. The maximum atomic E-state index is 13.4. The van der Waals surface area contributed by atoms with E-state index in [4.69, 9.17) is 9.72 Å².